The Hall–Kier alpha value is -1.06. The van der Waals surface area contributed by atoms with Crippen LogP contribution in [0.3, 0.4) is 0 Å². The zero-order valence-corrected chi connectivity index (χ0v) is 12.4. The third-order valence-corrected chi connectivity index (χ3v) is 5.06. The summed E-state index contributed by atoms with van der Waals surface area (Å²) in [5, 5.41) is 3.83. The topological polar surface area (TPSA) is 55.1 Å². The molecule has 1 amide bonds. The number of hydrogen-bond donors (Lipinski definition) is 2. The highest BCUT2D eigenvalue weighted by molar-refractivity contribution is 6.30. The maximum atomic E-state index is 12.3. The molecule has 4 heteroatoms. The molecular formula is C16H21ClN2O. The smallest absolute Gasteiger partial charge is 0.240 e. The van der Waals surface area contributed by atoms with Crippen molar-refractivity contribution in [1.29, 1.82) is 0 Å². The molecule has 20 heavy (non-hydrogen) atoms. The van der Waals surface area contributed by atoms with Crippen LogP contribution >= 0.6 is 11.6 Å². The molecule has 0 unspecified atom stereocenters. The molecule has 3 rings (SSSR count). The van der Waals surface area contributed by atoms with E-state index < -0.39 is 5.54 Å². The van der Waals surface area contributed by atoms with Gasteiger partial charge < -0.3 is 11.1 Å². The third kappa shape index (κ3) is 2.57. The van der Waals surface area contributed by atoms with Crippen molar-refractivity contribution in [2.45, 2.75) is 49.5 Å². The molecule has 0 heterocycles. The summed E-state index contributed by atoms with van der Waals surface area (Å²) < 4.78 is 0. The van der Waals surface area contributed by atoms with E-state index in [9.17, 15) is 4.79 Å². The van der Waals surface area contributed by atoms with Crippen LogP contribution in [-0.2, 0) is 10.2 Å². The van der Waals surface area contributed by atoms with Crippen LogP contribution in [0.4, 0.5) is 0 Å². The molecule has 3 N–H and O–H groups in total. The zero-order chi connectivity index (χ0) is 14.2. The van der Waals surface area contributed by atoms with E-state index in [4.69, 9.17) is 17.3 Å². The molecule has 0 spiro atoms. The summed E-state index contributed by atoms with van der Waals surface area (Å²) in [6, 6.07) is 7.96. The van der Waals surface area contributed by atoms with Crippen LogP contribution in [0.2, 0.25) is 5.02 Å². The Labute approximate surface area is 124 Å². The molecule has 1 aromatic carbocycles. The normalized spacial score (nSPS) is 22.5. The quantitative estimate of drug-likeness (QED) is 0.896. The number of nitrogens with two attached hydrogens (primary N) is 1. The fourth-order valence-electron chi connectivity index (χ4n) is 3.20. The van der Waals surface area contributed by atoms with Crippen molar-refractivity contribution in [3.05, 3.63) is 34.9 Å². The van der Waals surface area contributed by atoms with Crippen molar-refractivity contribution in [2.75, 3.05) is 6.54 Å². The highest BCUT2D eigenvalue weighted by Gasteiger charge is 2.46. The van der Waals surface area contributed by atoms with E-state index in [-0.39, 0.29) is 11.3 Å². The van der Waals surface area contributed by atoms with Crippen molar-refractivity contribution in [3.8, 4) is 0 Å². The Morgan fingerprint density at radius 3 is 2.55 bits per heavy atom. The number of hydrogen-bond acceptors (Lipinski definition) is 2. The molecule has 0 radical (unpaired) electrons. The van der Waals surface area contributed by atoms with Gasteiger partial charge in [-0.1, -0.05) is 36.6 Å². The largest absolute Gasteiger partial charge is 0.354 e. The minimum atomic E-state index is -0.635. The first-order valence-electron chi connectivity index (χ1n) is 7.37. The molecule has 0 aliphatic heterocycles. The number of amides is 1. The number of carbonyl (C=O) groups excluding carboxylic acids is 1. The van der Waals surface area contributed by atoms with Gasteiger partial charge in [-0.2, -0.15) is 0 Å². The van der Waals surface area contributed by atoms with Gasteiger partial charge in [0.05, 0.1) is 5.54 Å². The second-order valence-corrected chi connectivity index (χ2v) is 6.77. The van der Waals surface area contributed by atoms with Gasteiger partial charge in [0.1, 0.15) is 0 Å². The minimum Gasteiger partial charge on any atom is -0.354 e. The summed E-state index contributed by atoms with van der Waals surface area (Å²) in [7, 11) is 0. The number of nitrogens with one attached hydrogen (secondary N) is 1. The second-order valence-electron chi connectivity index (χ2n) is 6.34. The third-order valence-electron chi connectivity index (χ3n) is 4.83. The second kappa shape index (κ2) is 5.05. The summed E-state index contributed by atoms with van der Waals surface area (Å²) in [5.41, 5.74) is 6.85. The highest BCUT2D eigenvalue weighted by atomic mass is 35.5. The van der Waals surface area contributed by atoms with E-state index in [1.807, 2.05) is 18.2 Å². The molecule has 2 saturated carbocycles. The maximum absolute atomic E-state index is 12.3. The monoisotopic (exact) mass is 292 g/mol. The molecule has 3 nitrogen and oxygen atoms in total. The standard InChI is InChI=1S/C16H21ClN2O/c17-13-5-3-4-12(10-13)15(8-9-15)11-19-14(20)16(18)6-1-2-7-16/h3-5,10H,1-2,6-9,11,18H2,(H,19,20). The van der Waals surface area contributed by atoms with Crippen LogP contribution < -0.4 is 11.1 Å². The first kappa shape index (κ1) is 13.9. The number of benzene rings is 1. The summed E-state index contributed by atoms with van der Waals surface area (Å²) in [6.07, 6.45) is 5.94. The Morgan fingerprint density at radius 1 is 1.25 bits per heavy atom. The van der Waals surface area contributed by atoms with Gasteiger partial charge in [0.15, 0.2) is 0 Å². The predicted octanol–water partition coefficient (Wildman–Crippen LogP) is 2.76. The van der Waals surface area contributed by atoms with Crippen LogP contribution in [0.1, 0.15) is 44.1 Å². The Morgan fingerprint density at radius 2 is 1.95 bits per heavy atom. The lowest BCUT2D eigenvalue weighted by molar-refractivity contribution is -0.126. The fourth-order valence-corrected chi connectivity index (χ4v) is 3.39. The van der Waals surface area contributed by atoms with Crippen LogP contribution in [0.5, 0.6) is 0 Å². The fraction of sp³-hybridized carbons (Fsp3) is 0.562. The van der Waals surface area contributed by atoms with Crippen molar-refractivity contribution in [3.63, 3.8) is 0 Å². The van der Waals surface area contributed by atoms with Crippen molar-refractivity contribution >= 4 is 17.5 Å². The molecular weight excluding hydrogens is 272 g/mol. The number of carbonyl (C=O) groups is 1. The van der Waals surface area contributed by atoms with Crippen molar-refractivity contribution in [2.24, 2.45) is 5.73 Å². The van der Waals surface area contributed by atoms with E-state index in [2.05, 4.69) is 11.4 Å². The Balaban J connectivity index is 1.65. The summed E-state index contributed by atoms with van der Waals surface area (Å²) in [6.45, 7) is 0.672. The lowest BCUT2D eigenvalue weighted by Crippen LogP contribution is -2.53. The molecule has 2 fully saturated rings. The Bertz CT molecular complexity index is 519. The number of halogens is 1. The average Bonchev–Trinajstić information content (AvgIpc) is 3.11. The molecule has 108 valence electrons. The van der Waals surface area contributed by atoms with Crippen LogP contribution in [-0.4, -0.2) is 18.0 Å². The summed E-state index contributed by atoms with van der Waals surface area (Å²) in [5.74, 6) is 0.0169. The maximum Gasteiger partial charge on any atom is 0.240 e. The van der Waals surface area contributed by atoms with Gasteiger partial charge in [0.25, 0.3) is 0 Å². The number of rotatable bonds is 4. The van der Waals surface area contributed by atoms with E-state index >= 15 is 0 Å². The van der Waals surface area contributed by atoms with Gasteiger partial charge in [-0.15, -0.1) is 0 Å². The van der Waals surface area contributed by atoms with E-state index in [0.717, 1.165) is 43.5 Å². The Kier molecular flexibility index (Phi) is 3.51. The first-order valence-corrected chi connectivity index (χ1v) is 7.75. The molecule has 0 saturated heterocycles. The first-order chi connectivity index (χ1) is 9.54. The van der Waals surface area contributed by atoms with Gasteiger partial charge in [-0.05, 0) is 43.4 Å². The average molecular weight is 293 g/mol. The minimum absolute atomic E-state index is 0.0169. The summed E-state index contributed by atoms with van der Waals surface area (Å²) in [4.78, 5) is 12.3. The molecule has 0 bridgehead atoms. The predicted molar refractivity (Wildman–Crippen MR) is 80.8 cm³/mol. The van der Waals surface area contributed by atoms with Crippen molar-refractivity contribution < 1.29 is 4.79 Å². The lowest BCUT2D eigenvalue weighted by atomic mass is 9.94. The van der Waals surface area contributed by atoms with E-state index in [0.29, 0.717) is 6.54 Å². The van der Waals surface area contributed by atoms with E-state index in [1.165, 1.54) is 5.56 Å². The van der Waals surface area contributed by atoms with Gasteiger partial charge in [-0.25, -0.2) is 0 Å². The highest BCUT2D eigenvalue weighted by Crippen LogP contribution is 2.48. The van der Waals surface area contributed by atoms with Crippen molar-refractivity contribution in [1.82, 2.24) is 5.32 Å². The van der Waals surface area contributed by atoms with Gasteiger partial charge in [0.2, 0.25) is 5.91 Å². The van der Waals surface area contributed by atoms with Crippen LogP contribution in [0.15, 0.2) is 24.3 Å². The van der Waals surface area contributed by atoms with Crippen LogP contribution in [0.25, 0.3) is 0 Å². The SMILES string of the molecule is NC1(C(=O)NCC2(c3cccc(Cl)c3)CC2)CCCC1. The van der Waals surface area contributed by atoms with Gasteiger partial charge in [-0.3, -0.25) is 4.79 Å². The molecule has 0 aromatic heterocycles. The van der Waals surface area contributed by atoms with E-state index in [1.54, 1.807) is 0 Å². The lowest BCUT2D eigenvalue weighted by Gasteiger charge is -2.24. The van der Waals surface area contributed by atoms with Gasteiger partial charge >= 0.3 is 0 Å². The summed E-state index contributed by atoms with van der Waals surface area (Å²) >= 11 is 6.06. The molecule has 2 aliphatic carbocycles. The molecule has 0 atom stereocenters. The van der Waals surface area contributed by atoms with Gasteiger partial charge in [0, 0.05) is 17.0 Å². The molecule has 2 aliphatic rings. The molecule has 1 aromatic rings. The zero-order valence-electron chi connectivity index (χ0n) is 11.6. The van der Waals surface area contributed by atoms with Crippen LogP contribution in [0, 0.1) is 0 Å².